The van der Waals surface area contributed by atoms with Gasteiger partial charge in [-0.05, 0) is 62.4 Å². The Morgan fingerprint density at radius 1 is 1.43 bits per heavy atom. The Balaban J connectivity index is 2.09. The van der Waals surface area contributed by atoms with Gasteiger partial charge in [0.15, 0.2) is 0 Å². The zero-order valence-corrected chi connectivity index (χ0v) is 14.9. The van der Waals surface area contributed by atoms with Gasteiger partial charge >= 0.3 is 0 Å². The van der Waals surface area contributed by atoms with Gasteiger partial charge in [-0.25, -0.2) is 0 Å². The summed E-state index contributed by atoms with van der Waals surface area (Å²) in [5, 5.41) is -0.479. The van der Waals surface area contributed by atoms with Crippen molar-refractivity contribution in [2.24, 2.45) is 17.3 Å². The van der Waals surface area contributed by atoms with Crippen molar-refractivity contribution >= 4 is 17.5 Å². The molecule has 0 aromatic heterocycles. The van der Waals surface area contributed by atoms with Crippen LogP contribution in [0.4, 0.5) is 0 Å². The minimum absolute atomic E-state index is 0.106. The van der Waals surface area contributed by atoms with E-state index in [0.29, 0.717) is 11.8 Å². The number of rotatable bonds is 5. The molecule has 1 saturated carbocycles. The van der Waals surface area contributed by atoms with Crippen molar-refractivity contribution in [2.75, 3.05) is 6.54 Å². The Kier molecular flexibility index (Phi) is 5.07. The van der Waals surface area contributed by atoms with Crippen LogP contribution >= 0.6 is 11.6 Å². The van der Waals surface area contributed by atoms with Gasteiger partial charge in [-0.3, -0.25) is 4.79 Å². The van der Waals surface area contributed by atoms with E-state index in [-0.39, 0.29) is 17.4 Å². The topological polar surface area (TPSA) is 20.3 Å². The van der Waals surface area contributed by atoms with Gasteiger partial charge in [0.1, 0.15) is 5.38 Å². The number of allylic oxidation sites excluding steroid dienone is 1. The molecule has 2 unspecified atom stereocenters. The second-order valence-corrected chi connectivity index (χ2v) is 8.59. The maximum Gasteiger partial charge on any atom is 0.245 e. The first-order chi connectivity index (χ1) is 9.69. The molecule has 0 heterocycles. The van der Waals surface area contributed by atoms with E-state index >= 15 is 0 Å². The second-order valence-electron chi connectivity index (χ2n) is 8.15. The number of hydrogen-bond acceptors (Lipinski definition) is 1. The molecule has 1 fully saturated rings. The van der Waals surface area contributed by atoms with Crippen LogP contribution in [0.1, 0.15) is 60.3 Å². The molecule has 0 aromatic carbocycles. The highest BCUT2D eigenvalue weighted by Crippen LogP contribution is 2.40. The SMILES string of the molecule is CC1C=C(C(Cl)C(=O)N(CC2CC2)C(C)C)CC(C)(C)C1. The zero-order valence-electron chi connectivity index (χ0n) is 14.2. The van der Waals surface area contributed by atoms with E-state index in [9.17, 15) is 4.79 Å². The Morgan fingerprint density at radius 2 is 2.05 bits per heavy atom. The first kappa shape index (κ1) is 16.9. The minimum atomic E-state index is -0.479. The number of carbonyl (C=O) groups is 1. The number of hydrogen-bond donors (Lipinski definition) is 0. The third-order valence-corrected chi connectivity index (χ3v) is 5.12. The quantitative estimate of drug-likeness (QED) is 0.536. The van der Waals surface area contributed by atoms with Crippen LogP contribution in [0, 0.1) is 17.3 Å². The Bertz CT molecular complexity index is 423. The van der Waals surface area contributed by atoms with Crippen molar-refractivity contribution in [3.05, 3.63) is 11.6 Å². The van der Waals surface area contributed by atoms with Crippen molar-refractivity contribution in [1.29, 1.82) is 0 Å². The van der Waals surface area contributed by atoms with Gasteiger partial charge in [-0.2, -0.15) is 0 Å². The van der Waals surface area contributed by atoms with Crippen LogP contribution in [0.25, 0.3) is 0 Å². The smallest absolute Gasteiger partial charge is 0.245 e. The minimum Gasteiger partial charge on any atom is -0.338 e. The molecule has 0 aromatic rings. The third-order valence-electron chi connectivity index (χ3n) is 4.66. The van der Waals surface area contributed by atoms with Crippen molar-refractivity contribution in [2.45, 2.75) is 71.7 Å². The van der Waals surface area contributed by atoms with Crippen molar-refractivity contribution in [3.63, 3.8) is 0 Å². The largest absolute Gasteiger partial charge is 0.338 e. The molecule has 2 rings (SSSR count). The van der Waals surface area contributed by atoms with Crippen molar-refractivity contribution in [3.8, 4) is 0 Å². The number of alkyl halides is 1. The molecule has 0 bridgehead atoms. The lowest BCUT2D eigenvalue weighted by molar-refractivity contribution is -0.132. The molecule has 2 aliphatic rings. The van der Waals surface area contributed by atoms with Gasteiger partial charge in [0.25, 0.3) is 0 Å². The molecular weight excluding hydrogens is 282 g/mol. The highest BCUT2D eigenvalue weighted by Gasteiger charge is 2.36. The molecule has 21 heavy (non-hydrogen) atoms. The number of carbonyl (C=O) groups excluding carboxylic acids is 1. The number of nitrogens with zero attached hydrogens (tertiary/aromatic N) is 1. The predicted octanol–water partition coefficient (Wildman–Crippen LogP) is 4.62. The predicted molar refractivity (Wildman–Crippen MR) is 89.5 cm³/mol. The summed E-state index contributed by atoms with van der Waals surface area (Å²) in [5.41, 5.74) is 1.38. The van der Waals surface area contributed by atoms with Crippen LogP contribution in [0.2, 0.25) is 0 Å². The molecule has 0 spiro atoms. The fourth-order valence-electron chi connectivity index (χ4n) is 3.59. The van der Waals surface area contributed by atoms with Gasteiger partial charge < -0.3 is 4.90 Å². The zero-order chi connectivity index (χ0) is 15.8. The van der Waals surface area contributed by atoms with Crippen LogP contribution < -0.4 is 0 Å². The molecule has 1 amide bonds. The van der Waals surface area contributed by atoms with Gasteiger partial charge in [0.05, 0.1) is 0 Å². The fraction of sp³-hybridized carbons (Fsp3) is 0.833. The lowest BCUT2D eigenvalue weighted by Gasteiger charge is -2.36. The highest BCUT2D eigenvalue weighted by molar-refractivity contribution is 6.32. The molecule has 0 aliphatic heterocycles. The molecule has 3 heteroatoms. The summed E-state index contributed by atoms with van der Waals surface area (Å²) in [6.07, 6.45) is 6.86. The summed E-state index contributed by atoms with van der Waals surface area (Å²) >= 11 is 6.59. The van der Waals surface area contributed by atoms with Gasteiger partial charge in [-0.15, -0.1) is 11.6 Å². The summed E-state index contributed by atoms with van der Waals surface area (Å²) in [7, 11) is 0. The van der Waals surface area contributed by atoms with Crippen molar-refractivity contribution in [1.82, 2.24) is 4.90 Å². The normalized spacial score (nSPS) is 26.4. The molecule has 0 radical (unpaired) electrons. The molecule has 2 nitrogen and oxygen atoms in total. The maximum absolute atomic E-state index is 12.8. The lowest BCUT2D eigenvalue weighted by atomic mass is 9.72. The first-order valence-electron chi connectivity index (χ1n) is 8.35. The summed E-state index contributed by atoms with van der Waals surface area (Å²) in [6, 6.07) is 0.231. The van der Waals surface area contributed by atoms with Gasteiger partial charge in [0, 0.05) is 12.6 Å². The molecule has 0 saturated heterocycles. The van der Waals surface area contributed by atoms with Crippen LogP contribution in [-0.2, 0) is 4.79 Å². The standard InChI is InChI=1S/C18H30ClNO/c1-12(2)20(11-14-6-7-14)17(21)16(19)15-8-13(3)9-18(4,5)10-15/h8,12-14,16H,6-7,9-11H2,1-5H3. The van der Waals surface area contributed by atoms with Crippen LogP contribution in [0.5, 0.6) is 0 Å². The van der Waals surface area contributed by atoms with E-state index in [1.54, 1.807) is 0 Å². The summed E-state index contributed by atoms with van der Waals surface area (Å²) in [5.74, 6) is 1.32. The van der Waals surface area contributed by atoms with E-state index in [2.05, 4.69) is 40.7 Å². The molecule has 0 N–H and O–H groups in total. The molecular formula is C18H30ClNO. The first-order valence-corrected chi connectivity index (χ1v) is 8.78. The van der Waals surface area contributed by atoms with Gasteiger partial charge in [-0.1, -0.05) is 26.8 Å². The second kappa shape index (κ2) is 6.32. The summed E-state index contributed by atoms with van der Waals surface area (Å²) < 4.78 is 0. The summed E-state index contributed by atoms with van der Waals surface area (Å²) in [6.45, 7) is 11.8. The Hall–Kier alpha value is -0.500. The highest BCUT2D eigenvalue weighted by atomic mass is 35.5. The van der Waals surface area contributed by atoms with Crippen LogP contribution in [0.3, 0.4) is 0 Å². The molecule has 120 valence electrons. The van der Waals surface area contributed by atoms with E-state index in [4.69, 9.17) is 11.6 Å². The van der Waals surface area contributed by atoms with Crippen LogP contribution in [-0.4, -0.2) is 28.8 Å². The number of halogens is 1. The van der Waals surface area contributed by atoms with E-state index < -0.39 is 5.38 Å². The average Bonchev–Trinajstić information content (AvgIpc) is 3.15. The number of amides is 1. The molecule has 2 aliphatic carbocycles. The fourth-order valence-corrected chi connectivity index (χ4v) is 3.87. The third kappa shape index (κ3) is 4.48. The lowest BCUT2D eigenvalue weighted by Crippen LogP contribution is -2.44. The molecule has 2 atom stereocenters. The van der Waals surface area contributed by atoms with E-state index in [1.165, 1.54) is 19.3 Å². The van der Waals surface area contributed by atoms with E-state index in [1.807, 2.05) is 4.90 Å². The van der Waals surface area contributed by atoms with Gasteiger partial charge in [0.2, 0.25) is 5.91 Å². The summed E-state index contributed by atoms with van der Waals surface area (Å²) in [4.78, 5) is 14.8. The Labute approximate surface area is 134 Å². The van der Waals surface area contributed by atoms with Crippen LogP contribution in [0.15, 0.2) is 11.6 Å². The monoisotopic (exact) mass is 311 g/mol. The van der Waals surface area contributed by atoms with Crippen molar-refractivity contribution < 1.29 is 4.79 Å². The average molecular weight is 312 g/mol. The Morgan fingerprint density at radius 3 is 2.52 bits per heavy atom. The maximum atomic E-state index is 12.8. The van der Waals surface area contributed by atoms with E-state index in [0.717, 1.165) is 18.5 Å².